The fraction of sp³-hybridized carbons (Fsp3) is 0.0476. The van der Waals surface area contributed by atoms with Crippen LogP contribution in [0, 0.1) is 0 Å². The van der Waals surface area contributed by atoms with Gasteiger partial charge < -0.3 is 10.4 Å². The van der Waals surface area contributed by atoms with Gasteiger partial charge in [-0.25, -0.2) is 13.4 Å². The zero-order valence-electron chi connectivity index (χ0n) is 15.3. The van der Waals surface area contributed by atoms with Crippen molar-refractivity contribution in [2.75, 3.05) is 11.6 Å². The number of carbonyl (C=O) groups excluding carboxylic acids is 1. The number of aromatic nitrogens is 1. The number of thiazole rings is 1. The Morgan fingerprint density at radius 2 is 1.76 bits per heavy atom. The number of fused-ring (bicyclic) bond motifs is 1. The molecule has 0 bridgehead atoms. The number of carbonyl (C=O) groups is 1. The van der Waals surface area contributed by atoms with Crippen molar-refractivity contribution in [3.05, 3.63) is 72.3 Å². The van der Waals surface area contributed by atoms with Crippen LogP contribution in [0.1, 0.15) is 10.4 Å². The number of anilines is 1. The molecule has 6 nitrogen and oxygen atoms in total. The molecular weight excluding hydrogens is 408 g/mol. The molecule has 4 rings (SSSR count). The number of sulfone groups is 1. The van der Waals surface area contributed by atoms with E-state index in [2.05, 4.69) is 10.3 Å². The highest BCUT2D eigenvalue weighted by molar-refractivity contribution is 7.90. The summed E-state index contributed by atoms with van der Waals surface area (Å²) in [5, 5.41) is 13.7. The van der Waals surface area contributed by atoms with Gasteiger partial charge in [0.05, 0.1) is 20.7 Å². The maximum Gasteiger partial charge on any atom is 0.255 e. The summed E-state index contributed by atoms with van der Waals surface area (Å²) >= 11 is 1.45. The molecule has 0 radical (unpaired) electrons. The average Bonchev–Trinajstić information content (AvgIpc) is 3.13. The fourth-order valence-corrected chi connectivity index (χ4v) is 4.45. The number of hydrogen-bond acceptors (Lipinski definition) is 6. The zero-order chi connectivity index (χ0) is 20.6. The van der Waals surface area contributed by atoms with Crippen molar-refractivity contribution < 1.29 is 18.3 Å². The lowest BCUT2D eigenvalue weighted by atomic mass is 10.1. The van der Waals surface area contributed by atoms with Crippen LogP contribution >= 0.6 is 11.3 Å². The summed E-state index contributed by atoms with van der Waals surface area (Å²) < 4.78 is 24.1. The number of rotatable bonds is 4. The highest BCUT2D eigenvalue weighted by Gasteiger charge is 2.14. The lowest BCUT2D eigenvalue weighted by Gasteiger charge is -2.08. The van der Waals surface area contributed by atoms with Gasteiger partial charge in [0.2, 0.25) is 0 Å². The van der Waals surface area contributed by atoms with Gasteiger partial charge in [-0.15, -0.1) is 11.3 Å². The molecule has 0 spiro atoms. The first-order valence-corrected chi connectivity index (χ1v) is 11.3. The number of aromatic hydroxyl groups is 1. The Hall–Kier alpha value is -3.23. The van der Waals surface area contributed by atoms with Crippen molar-refractivity contribution in [1.82, 2.24) is 4.98 Å². The van der Waals surface area contributed by atoms with Crippen LogP contribution < -0.4 is 5.32 Å². The van der Waals surface area contributed by atoms with Crippen LogP contribution in [-0.4, -0.2) is 30.7 Å². The highest BCUT2D eigenvalue weighted by atomic mass is 32.2. The molecule has 0 aliphatic carbocycles. The number of amides is 1. The molecule has 0 saturated carbocycles. The Morgan fingerprint density at radius 1 is 1.03 bits per heavy atom. The number of nitrogens with zero attached hydrogens (tertiary/aromatic N) is 1. The normalized spacial score (nSPS) is 11.5. The third-order valence-corrected chi connectivity index (χ3v) is 6.52. The lowest BCUT2D eigenvalue weighted by Crippen LogP contribution is -2.12. The fourth-order valence-electron chi connectivity index (χ4n) is 2.83. The number of benzene rings is 3. The molecule has 4 aromatic rings. The maximum absolute atomic E-state index is 12.5. The molecule has 0 unspecified atom stereocenters. The first-order chi connectivity index (χ1) is 13.8. The van der Waals surface area contributed by atoms with Crippen LogP contribution in [0.25, 0.3) is 20.8 Å². The minimum absolute atomic E-state index is 0.0690. The third-order valence-electron chi connectivity index (χ3n) is 4.32. The molecule has 3 aromatic carbocycles. The van der Waals surface area contributed by atoms with Crippen molar-refractivity contribution in [2.24, 2.45) is 0 Å². The van der Waals surface area contributed by atoms with Gasteiger partial charge in [0, 0.05) is 17.5 Å². The quantitative estimate of drug-likeness (QED) is 0.476. The molecule has 0 fully saturated rings. The van der Waals surface area contributed by atoms with Gasteiger partial charge >= 0.3 is 0 Å². The Kier molecular flexibility index (Phi) is 4.81. The topological polar surface area (TPSA) is 96.4 Å². The number of phenolic OH excluding ortho intramolecular Hbond substituents is 1. The molecular formula is C21H16N2O4S2. The van der Waals surface area contributed by atoms with Crippen LogP contribution in [0.5, 0.6) is 5.75 Å². The Morgan fingerprint density at radius 3 is 2.45 bits per heavy atom. The molecule has 2 N–H and O–H groups in total. The van der Waals surface area contributed by atoms with E-state index in [0.717, 1.165) is 16.5 Å². The maximum atomic E-state index is 12.5. The van der Waals surface area contributed by atoms with Crippen molar-refractivity contribution in [2.45, 2.75) is 4.90 Å². The zero-order valence-corrected chi connectivity index (χ0v) is 16.9. The molecule has 0 aliphatic rings. The lowest BCUT2D eigenvalue weighted by molar-refractivity contribution is 0.102. The average molecular weight is 425 g/mol. The second-order valence-corrected chi connectivity index (χ2v) is 9.52. The van der Waals surface area contributed by atoms with Gasteiger partial charge in [-0.1, -0.05) is 12.1 Å². The van der Waals surface area contributed by atoms with Crippen LogP contribution in [0.15, 0.2) is 71.6 Å². The number of hydrogen-bond donors (Lipinski definition) is 2. The van der Waals surface area contributed by atoms with Crippen LogP contribution in [0.4, 0.5) is 5.69 Å². The van der Waals surface area contributed by atoms with E-state index in [1.165, 1.54) is 41.7 Å². The summed E-state index contributed by atoms with van der Waals surface area (Å²) in [5.74, 6) is -0.314. The van der Waals surface area contributed by atoms with Gasteiger partial charge in [0.25, 0.3) is 5.91 Å². The third kappa shape index (κ3) is 3.98. The van der Waals surface area contributed by atoms with E-state index in [4.69, 9.17) is 0 Å². The van der Waals surface area contributed by atoms with E-state index in [1.54, 1.807) is 12.1 Å². The molecule has 0 saturated heterocycles. The van der Waals surface area contributed by atoms with Crippen LogP contribution in [0.2, 0.25) is 0 Å². The SMILES string of the molecule is CS(=O)(=O)c1ccc(C(=O)Nc2ccc(O)c(-c3nc4ccccc4s3)c2)cc1. The Bertz CT molecular complexity index is 1290. The largest absolute Gasteiger partial charge is 0.507 e. The van der Waals surface area contributed by atoms with Gasteiger partial charge in [0.1, 0.15) is 10.8 Å². The summed E-state index contributed by atoms with van der Waals surface area (Å²) in [5.41, 5.74) is 2.19. The number of para-hydroxylation sites is 1. The number of phenols is 1. The monoisotopic (exact) mass is 424 g/mol. The summed E-state index contributed by atoms with van der Waals surface area (Å²) in [6, 6.07) is 18.2. The first-order valence-electron chi connectivity index (χ1n) is 8.62. The van der Waals surface area contributed by atoms with Gasteiger partial charge in [-0.3, -0.25) is 4.79 Å². The van der Waals surface area contributed by atoms with Crippen molar-refractivity contribution >= 4 is 43.0 Å². The second-order valence-electron chi connectivity index (χ2n) is 6.47. The molecule has 0 aliphatic heterocycles. The molecule has 29 heavy (non-hydrogen) atoms. The predicted molar refractivity (Wildman–Crippen MR) is 114 cm³/mol. The van der Waals surface area contributed by atoms with Gasteiger partial charge in [0.15, 0.2) is 9.84 Å². The smallest absolute Gasteiger partial charge is 0.255 e. The minimum atomic E-state index is -3.32. The second kappa shape index (κ2) is 7.31. The highest BCUT2D eigenvalue weighted by Crippen LogP contribution is 2.36. The van der Waals surface area contributed by atoms with Crippen molar-refractivity contribution in [1.29, 1.82) is 0 Å². The minimum Gasteiger partial charge on any atom is -0.507 e. The number of nitrogens with one attached hydrogen (secondary N) is 1. The Labute approximate surface area is 171 Å². The molecule has 8 heteroatoms. The summed E-state index contributed by atoms with van der Waals surface area (Å²) in [6.07, 6.45) is 1.11. The molecule has 146 valence electrons. The van der Waals surface area contributed by atoms with E-state index >= 15 is 0 Å². The van der Waals surface area contributed by atoms with E-state index in [1.807, 2.05) is 24.3 Å². The van der Waals surface area contributed by atoms with Gasteiger partial charge in [-0.2, -0.15) is 0 Å². The molecule has 1 heterocycles. The van der Waals surface area contributed by atoms with Crippen LogP contribution in [0.3, 0.4) is 0 Å². The Balaban J connectivity index is 1.61. The summed E-state index contributed by atoms with van der Waals surface area (Å²) in [4.78, 5) is 17.2. The molecule has 1 aromatic heterocycles. The molecule has 1 amide bonds. The van der Waals surface area contributed by atoms with Crippen LogP contribution in [-0.2, 0) is 9.84 Å². The van der Waals surface area contributed by atoms with E-state index in [-0.39, 0.29) is 16.6 Å². The van der Waals surface area contributed by atoms with Crippen molar-refractivity contribution in [3.8, 4) is 16.3 Å². The standard InChI is InChI=1S/C21H16N2O4S2/c1-29(26,27)15-9-6-13(7-10-15)20(25)22-14-8-11-18(24)16(12-14)21-23-17-4-2-3-5-19(17)28-21/h2-12,24H,1H3,(H,22,25). The first kappa shape index (κ1) is 19.1. The van der Waals surface area contributed by atoms with Crippen molar-refractivity contribution in [3.63, 3.8) is 0 Å². The van der Waals surface area contributed by atoms with E-state index in [9.17, 15) is 18.3 Å². The summed E-state index contributed by atoms with van der Waals surface area (Å²) in [6.45, 7) is 0. The molecule has 0 atom stereocenters. The van der Waals surface area contributed by atoms with Gasteiger partial charge in [-0.05, 0) is 54.6 Å². The summed E-state index contributed by atoms with van der Waals surface area (Å²) in [7, 11) is -3.32. The predicted octanol–water partition coefficient (Wildman–Crippen LogP) is 4.32. The van der Waals surface area contributed by atoms with E-state index in [0.29, 0.717) is 21.8 Å². The van der Waals surface area contributed by atoms with E-state index < -0.39 is 9.84 Å².